The van der Waals surface area contributed by atoms with Crippen LogP contribution in [-0.4, -0.2) is 34.6 Å². The first-order valence-corrected chi connectivity index (χ1v) is 11.6. The van der Waals surface area contributed by atoms with Gasteiger partial charge < -0.3 is 15.4 Å². The van der Waals surface area contributed by atoms with Crippen molar-refractivity contribution in [2.45, 2.75) is 38.1 Å². The number of hydrogen-bond donors (Lipinski definition) is 3. The fourth-order valence-corrected chi connectivity index (χ4v) is 3.29. The Hall–Kier alpha value is -2.58. The van der Waals surface area contributed by atoms with E-state index in [1.54, 1.807) is 19.2 Å². The maximum Gasteiger partial charge on any atom is 0.238 e. The molecule has 1 atom stereocenters. The van der Waals surface area contributed by atoms with Crippen molar-refractivity contribution < 1.29 is 13.2 Å². The summed E-state index contributed by atoms with van der Waals surface area (Å²) in [7, 11) is -1.93. The number of ether oxygens (including phenoxy) is 1. The van der Waals surface area contributed by atoms with Gasteiger partial charge in [0.25, 0.3) is 0 Å². The maximum atomic E-state index is 11.3. The standard InChI is InChI=1S/C22H32N4O3S/c1-16(2)15-29-20-9-7-19(8-10-20)17(3)26-22(24-4)25-14-13-18-5-11-21(12-6-18)30(23,27)28/h5-12,16-17H,13-15H2,1-4H3,(H2,23,27,28)(H2,24,25,26). The van der Waals surface area contributed by atoms with Gasteiger partial charge in [-0.05, 0) is 54.7 Å². The van der Waals surface area contributed by atoms with E-state index in [1.807, 2.05) is 24.3 Å². The Labute approximate surface area is 179 Å². The first-order chi connectivity index (χ1) is 14.2. The third kappa shape index (κ3) is 7.68. The zero-order valence-corrected chi connectivity index (χ0v) is 18.9. The molecular weight excluding hydrogens is 400 g/mol. The maximum absolute atomic E-state index is 11.3. The van der Waals surface area contributed by atoms with Gasteiger partial charge in [-0.3, -0.25) is 4.99 Å². The minimum absolute atomic E-state index is 0.0735. The molecule has 0 aliphatic carbocycles. The van der Waals surface area contributed by atoms with Gasteiger partial charge in [-0.25, -0.2) is 13.6 Å². The number of primary sulfonamides is 1. The predicted molar refractivity (Wildman–Crippen MR) is 121 cm³/mol. The van der Waals surface area contributed by atoms with E-state index in [2.05, 4.69) is 36.4 Å². The van der Waals surface area contributed by atoms with Crippen LogP contribution in [0.3, 0.4) is 0 Å². The normalized spacial score (nSPS) is 13.2. The SMILES string of the molecule is CN=C(NCCc1ccc(S(N)(=O)=O)cc1)NC(C)c1ccc(OCC(C)C)cc1. The van der Waals surface area contributed by atoms with E-state index >= 15 is 0 Å². The molecule has 2 aromatic rings. The third-order valence-electron chi connectivity index (χ3n) is 4.50. The fourth-order valence-electron chi connectivity index (χ4n) is 2.77. The van der Waals surface area contributed by atoms with Gasteiger partial charge in [0.05, 0.1) is 17.5 Å². The van der Waals surface area contributed by atoms with Gasteiger partial charge in [0.1, 0.15) is 5.75 Å². The van der Waals surface area contributed by atoms with Crippen molar-refractivity contribution in [2.75, 3.05) is 20.2 Å². The van der Waals surface area contributed by atoms with Crippen molar-refractivity contribution in [1.29, 1.82) is 0 Å². The van der Waals surface area contributed by atoms with E-state index in [9.17, 15) is 8.42 Å². The lowest BCUT2D eigenvalue weighted by molar-refractivity contribution is 0.271. The number of sulfonamides is 1. The summed E-state index contributed by atoms with van der Waals surface area (Å²) < 4.78 is 28.4. The monoisotopic (exact) mass is 432 g/mol. The molecule has 8 heteroatoms. The smallest absolute Gasteiger partial charge is 0.238 e. The quantitative estimate of drug-likeness (QED) is 0.417. The second-order valence-corrected chi connectivity index (χ2v) is 9.14. The molecule has 0 saturated carbocycles. The van der Waals surface area contributed by atoms with Gasteiger partial charge in [-0.1, -0.05) is 38.1 Å². The molecule has 2 aromatic carbocycles. The highest BCUT2D eigenvalue weighted by Gasteiger charge is 2.09. The Bertz CT molecular complexity index is 924. The fraction of sp³-hybridized carbons (Fsp3) is 0.409. The first kappa shape index (κ1) is 23.7. The Morgan fingerprint density at radius 2 is 1.70 bits per heavy atom. The minimum Gasteiger partial charge on any atom is -0.493 e. The van der Waals surface area contributed by atoms with Crippen molar-refractivity contribution in [3.8, 4) is 5.75 Å². The summed E-state index contributed by atoms with van der Waals surface area (Å²) in [6.45, 7) is 7.68. The summed E-state index contributed by atoms with van der Waals surface area (Å²) in [4.78, 5) is 4.39. The van der Waals surface area contributed by atoms with Crippen molar-refractivity contribution in [2.24, 2.45) is 16.0 Å². The van der Waals surface area contributed by atoms with Crippen LogP contribution in [-0.2, 0) is 16.4 Å². The average molecular weight is 433 g/mol. The predicted octanol–water partition coefficient (Wildman–Crippen LogP) is 2.84. The summed E-state index contributed by atoms with van der Waals surface area (Å²) in [6, 6.07) is 14.7. The minimum atomic E-state index is -3.66. The van der Waals surface area contributed by atoms with E-state index in [0.29, 0.717) is 25.0 Å². The van der Waals surface area contributed by atoms with Crippen LogP contribution in [0.1, 0.15) is 37.9 Å². The van der Waals surface area contributed by atoms with Gasteiger partial charge in [-0.15, -0.1) is 0 Å². The Morgan fingerprint density at radius 3 is 2.23 bits per heavy atom. The Kier molecular flexibility index (Phi) is 8.68. The van der Waals surface area contributed by atoms with Crippen LogP contribution in [0.15, 0.2) is 58.4 Å². The summed E-state index contributed by atoms with van der Waals surface area (Å²) >= 11 is 0. The van der Waals surface area contributed by atoms with Gasteiger partial charge in [-0.2, -0.15) is 0 Å². The summed E-state index contributed by atoms with van der Waals surface area (Å²) in [5.74, 6) is 2.06. The van der Waals surface area contributed by atoms with E-state index in [1.165, 1.54) is 12.1 Å². The third-order valence-corrected chi connectivity index (χ3v) is 5.43. The van der Waals surface area contributed by atoms with Crippen molar-refractivity contribution >= 4 is 16.0 Å². The number of benzene rings is 2. The zero-order valence-electron chi connectivity index (χ0n) is 18.1. The summed E-state index contributed by atoms with van der Waals surface area (Å²) in [6.07, 6.45) is 0.724. The Morgan fingerprint density at radius 1 is 1.07 bits per heavy atom. The second kappa shape index (κ2) is 11.0. The molecule has 164 valence electrons. The number of guanidine groups is 1. The summed E-state index contributed by atoms with van der Waals surface area (Å²) in [5, 5.41) is 11.8. The zero-order chi connectivity index (χ0) is 22.1. The van der Waals surface area contributed by atoms with Crippen LogP contribution in [0.2, 0.25) is 0 Å². The molecule has 0 radical (unpaired) electrons. The average Bonchev–Trinajstić information content (AvgIpc) is 2.71. The largest absolute Gasteiger partial charge is 0.493 e. The van der Waals surface area contributed by atoms with Gasteiger partial charge in [0.2, 0.25) is 10.0 Å². The first-order valence-electron chi connectivity index (χ1n) is 10.0. The molecule has 0 bridgehead atoms. The lowest BCUT2D eigenvalue weighted by atomic mass is 10.1. The van der Waals surface area contributed by atoms with E-state index in [0.717, 1.165) is 23.3 Å². The molecule has 0 aliphatic rings. The molecule has 0 aromatic heterocycles. The number of aliphatic imine (C=N–C) groups is 1. The highest BCUT2D eigenvalue weighted by atomic mass is 32.2. The topological polar surface area (TPSA) is 106 Å². The van der Waals surface area contributed by atoms with Crippen LogP contribution < -0.4 is 20.5 Å². The molecule has 30 heavy (non-hydrogen) atoms. The molecule has 0 fully saturated rings. The molecular formula is C22H32N4O3S. The van der Waals surface area contributed by atoms with Crippen molar-refractivity contribution in [1.82, 2.24) is 10.6 Å². The van der Waals surface area contributed by atoms with Crippen LogP contribution in [0, 0.1) is 5.92 Å². The van der Waals surface area contributed by atoms with Gasteiger partial charge >= 0.3 is 0 Å². The van der Waals surface area contributed by atoms with E-state index in [-0.39, 0.29) is 10.9 Å². The van der Waals surface area contributed by atoms with Crippen LogP contribution in [0.25, 0.3) is 0 Å². The lowest BCUT2D eigenvalue weighted by Crippen LogP contribution is -2.39. The molecule has 0 aliphatic heterocycles. The van der Waals surface area contributed by atoms with E-state index in [4.69, 9.17) is 9.88 Å². The molecule has 4 N–H and O–H groups in total. The molecule has 0 amide bonds. The lowest BCUT2D eigenvalue weighted by Gasteiger charge is -2.19. The van der Waals surface area contributed by atoms with Crippen LogP contribution in [0.5, 0.6) is 5.75 Å². The molecule has 0 spiro atoms. The highest BCUT2D eigenvalue weighted by molar-refractivity contribution is 7.89. The van der Waals surface area contributed by atoms with Gasteiger partial charge in [0, 0.05) is 13.6 Å². The number of nitrogens with one attached hydrogen (secondary N) is 2. The molecule has 2 rings (SSSR count). The Balaban J connectivity index is 1.83. The number of nitrogens with zero attached hydrogens (tertiary/aromatic N) is 1. The van der Waals surface area contributed by atoms with Crippen LogP contribution >= 0.6 is 0 Å². The molecule has 0 heterocycles. The highest BCUT2D eigenvalue weighted by Crippen LogP contribution is 2.18. The number of hydrogen-bond acceptors (Lipinski definition) is 4. The molecule has 1 unspecified atom stereocenters. The number of rotatable bonds is 9. The summed E-state index contributed by atoms with van der Waals surface area (Å²) in [5.41, 5.74) is 2.14. The second-order valence-electron chi connectivity index (χ2n) is 7.58. The van der Waals surface area contributed by atoms with Gasteiger partial charge in [0.15, 0.2) is 5.96 Å². The molecule has 0 saturated heterocycles. The van der Waals surface area contributed by atoms with Crippen LogP contribution in [0.4, 0.5) is 0 Å². The molecule has 7 nitrogen and oxygen atoms in total. The van der Waals surface area contributed by atoms with Crippen molar-refractivity contribution in [3.63, 3.8) is 0 Å². The number of nitrogens with two attached hydrogens (primary N) is 1. The van der Waals surface area contributed by atoms with E-state index < -0.39 is 10.0 Å². The van der Waals surface area contributed by atoms with Crippen molar-refractivity contribution in [3.05, 3.63) is 59.7 Å².